The third-order valence-corrected chi connectivity index (χ3v) is 4.14. The Labute approximate surface area is 150 Å². The number of rotatable bonds is 6. The molecule has 0 saturated carbocycles. The highest BCUT2D eigenvalue weighted by molar-refractivity contribution is 5.92. The minimum Gasteiger partial charge on any atom is -0.480 e. The Kier molecular flexibility index (Phi) is 5.65. The fourth-order valence-electron chi connectivity index (χ4n) is 2.93. The first kappa shape index (κ1) is 18.1. The van der Waals surface area contributed by atoms with Crippen LogP contribution in [0.4, 0.5) is 0 Å². The number of carbonyl (C=O) groups is 2. The number of morpholine rings is 1. The Morgan fingerprint density at radius 2 is 2.12 bits per heavy atom. The van der Waals surface area contributed by atoms with E-state index >= 15 is 0 Å². The smallest absolute Gasteiger partial charge is 0.317 e. The van der Waals surface area contributed by atoms with E-state index in [-0.39, 0.29) is 24.3 Å². The molecule has 0 radical (unpaired) electrons. The molecule has 8 heteroatoms. The SMILES string of the molecule is CN(CC(=O)O)CC1CN(C(=O)c2cc(-c3ccccc3)no2)CCO1. The van der Waals surface area contributed by atoms with Gasteiger partial charge in [-0.15, -0.1) is 0 Å². The summed E-state index contributed by atoms with van der Waals surface area (Å²) in [6, 6.07) is 11.1. The minimum atomic E-state index is -0.897. The van der Waals surface area contributed by atoms with E-state index in [1.807, 2.05) is 30.3 Å². The molecule has 26 heavy (non-hydrogen) atoms. The summed E-state index contributed by atoms with van der Waals surface area (Å²) in [7, 11) is 1.71. The third-order valence-electron chi connectivity index (χ3n) is 4.14. The summed E-state index contributed by atoms with van der Waals surface area (Å²) < 4.78 is 10.9. The molecule has 8 nitrogen and oxygen atoms in total. The average Bonchev–Trinajstić information content (AvgIpc) is 3.11. The van der Waals surface area contributed by atoms with Crippen molar-refractivity contribution < 1.29 is 24.0 Å². The molecule has 3 rings (SSSR count). The van der Waals surface area contributed by atoms with E-state index < -0.39 is 5.97 Å². The van der Waals surface area contributed by atoms with Crippen LogP contribution >= 0.6 is 0 Å². The Bertz CT molecular complexity index is 761. The van der Waals surface area contributed by atoms with Gasteiger partial charge in [0.2, 0.25) is 5.76 Å². The molecule has 0 aliphatic carbocycles. The topological polar surface area (TPSA) is 96.1 Å². The van der Waals surface area contributed by atoms with Crippen molar-refractivity contribution in [1.82, 2.24) is 15.0 Å². The lowest BCUT2D eigenvalue weighted by Gasteiger charge is -2.34. The summed E-state index contributed by atoms with van der Waals surface area (Å²) in [4.78, 5) is 26.8. The van der Waals surface area contributed by atoms with Crippen LogP contribution in [-0.2, 0) is 9.53 Å². The van der Waals surface area contributed by atoms with Crippen LogP contribution in [0.5, 0.6) is 0 Å². The van der Waals surface area contributed by atoms with Gasteiger partial charge in [0.05, 0.1) is 19.3 Å². The van der Waals surface area contributed by atoms with Gasteiger partial charge in [0, 0.05) is 31.3 Å². The normalized spacial score (nSPS) is 17.5. The first-order valence-electron chi connectivity index (χ1n) is 8.36. The number of hydrogen-bond acceptors (Lipinski definition) is 6. The Morgan fingerprint density at radius 3 is 2.85 bits per heavy atom. The van der Waals surface area contributed by atoms with E-state index in [1.54, 1.807) is 22.9 Å². The van der Waals surface area contributed by atoms with E-state index in [0.717, 1.165) is 5.56 Å². The maximum absolute atomic E-state index is 12.7. The lowest BCUT2D eigenvalue weighted by atomic mass is 10.1. The van der Waals surface area contributed by atoms with E-state index in [0.29, 0.717) is 31.9 Å². The highest BCUT2D eigenvalue weighted by Gasteiger charge is 2.28. The number of carbonyl (C=O) groups excluding carboxylic acids is 1. The van der Waals surface area contributed by atoms with Gasteiger partial charge in [-0.05, 0) is 7.05 Å². The molecule has 1 aliphatic heterocycles. The summed E-state index contributed by atoms with van der Waals surface area (Å²) in [5.74, 6) is -0.955. The van der Waals surface area contributed by atoms with Crippen molar-refractivity contribution in [1.29, 1.82) is 0 Å². The van der Waals surface area contributed by atoms with Gasteiger partial charge in [0.15, 0.2) is 0 Å². The van der Waals surface area contributed by atoms with Crippen LogP contribution in [0.1, 0.15) is 10.6 Å². The molecule has 1 atom stereocenters. The molecule has 0 spiro atoms. The van der Waals surface area contributed by atoms with Crippen molar-refractivity contribution in [2.45, 2.75) is 6.10 Å². The van der Waals surface area contributed by atoms with Crippen LogP contribution in [0.15, 0.2) is 40.9 Å². The van der Waals surface area contributed by atoms with Crippen LogP contribution in [0.2, 0.25) is 0 Å². The molecule has 1 aromatic heterocycles. The Hall–Kier alpha value is -2.71. The van der Waals surface area contributed by atoms with Gasteiger partial charge in [0.1, 0.15) is 5.69 Å². The second kappa shape index (κ2) is 8.11. The van der Waals surface area contributed by atoms with Crippen LogP contribution in [0.25, 0.3) is 11.3 Å². The van der Waals surface area contributed by atoms with Crippen molar-refractivity contribution in [2.24, 2.45) is 0 Å². The number of benzene rings is 1. The molecule has 138 valence electrons. The van der Waals surface area contributed by atoms with Crippen molar-refractivity contribution in [2.75, 3.05) is 39.8 Å². The molecule has 1 amide bonds. The Morgan fingerprint density at radius 1 is 1.35 bits per heavy atom. The van der Waals surface area contributed by atoms with Gasteiger partial charge in [-0.1, -0.05) is 35.5 Å². The second-order valence-corrected chi connectivity index (χ2v) is 6.28. The number of carboxylic acid groups (broad SMARTS) is 1. The summed E-state index contributed by atoms with van der Waals surface area (Å²) in [6.45, 7) is 1.60. The van der Waals surface area contributed by atoms with Crippen molar-refractivity contribution in [3.05, 3.63) is 42.2 Å². The van der Waals surface area contributed by atoms with Crippen LogP contribution in [0.3, 0.4) is 0 Å². The molecule has 1 fully saturated rings. The summed E-state index contributed by atoms with van der Waals surface area (Å²) in [6.07, 6.45) is -0.242. The van der Waals surface area contributed by atoms with Crippen LogP contribution in [0, 0.1) is 0 Å². The molecule has 1 aliphatic rings. The number of aromatic nitrogens is 1. The van der Waals surface area contributed by atoms with E-state index in [1.165, 1.54) is 0 Å². The largest absolute Gasteiger partial charge is 0.480 e. The monoisotopic (exact) mass is 359 g/mol. The highest BCUT2D eigenvalue weighted by atomic mass is 16.5. The van der Waals surface area contributed by atoms with Crippen LogP contribution < -0.4 is 0 Å². The molecule has 1 N–H and O–H groups in total. The standard InChI is InChI=1S/C18H21N3O5/c1-20(12-17(22)23)10-14-11-21(7-8-25-14)18(24)16-9-15(19-26-16)13-5-3-2-4-6-13/h2-6,9,14H,7-8,10-12H2,1H3,(H,22,23). The molecular formula is C18H21N3O5. The summed E-state index contributed by atoms with van der Waals surface area (Å²) >= 11 is 0. The number of hydrogen-bond donors (Lipinski definition) is 1. The quantitative estimate of drug-likeness (QED) is 0.828. The number of amides is 1. The minimum absolute atomic E-state index is 0.0731. The lowest BCUT2D eigenvalue weighted by Crippen LogP contribution is -2.49. The lowest BCUT2D eigenvalue weighted by molar-refractivity contribution is -0.138. The first-order chi connectivity index (χ1) is 12.5. The second-order valence-electron chi connectivity index (χ2n) is 6.28. The molecular weight excluding hydrogens is 338 g/mol. The van der Waals surface area contributed by atoms with Crippen molar-refractivity contribution in [3.8, 4) is 11.3 Å². The van der Waals surface area contributed by atoms with Crippen molar-refractivity contribution >= 4 is 11.9 Å². The Balaban J connectivity index is 1.62. The molecule has 0 bridgehead atoms. The maximum atomic E-state index is 12.7. The number of ether oxygens (including phenoxy) is 1. The van der Waals surface area contributed by atoms with E-state index in [2.05, 4.69) is 5.16 Å². The number of nitrogens with zero attached hydrogens (tertiary/aromatic N) is 3. The van der Waals surface area contributed by atoms with Gasteiger partial charge in [0.25, 0.3) is 5.91 Å². The van der Waals surface area contributed by atoms with Gasteiger partial charge >= 0.3 is 5.97 Å². The number of carboxylic acids is 1. The van der Waals surface area contributed by atoms with E-state index in [4.69, 9.17) is 14.4 Å². The number of aliphatic carboxylic acids is 1. The highest BCUT2D eigenvalue weighted by Crippen LogP contribution is 2.20. The fourth-order valence-corrected chi connectivity index (χ4v) is 2.93. The number of likely N-dealkylation sites (N-methyl/N-ethyl adjacent to an activating group) is 1. The molecule has 1 unspecified atom stereocenters. The third kappa shape index (κ3) is 4.47. The summed E-state index contributed by atoms with van der Waals surface area (Å²) in [5.41, 5.74) is 1.49. The zero-order valence-electron chi connectivity index (χ0n) is 14.5. The zero-order chi connectivity index (χ0) is 18.5. The van der Waals surface area contributed by atoms with Gasteiger partial charge in [-0.25, -0.2) is 0 Å². The van der Waals surface area contributed by atoms with Gasteiger partial charge in [-0.2, -0.15) is 0 Å². The molecule has 1 saturated heterocycles. The van der Waals surface area contributed by atoms with E-state index in [9.17, 15) is 9.59 Å². The molecule has 1 aromatic carbocycles. The average molecular weight is 359 g/mol. The zero-order valence-corrected chi connectivity index (χ0v) is 14.5. The predicted octanol–water partition coefficient (Wildman–Crippen LogP) is 1.20. The fraction of sp³-hybridized carbons (Fsp3) is 0.389. The van der Waals surface area contributed by atoms with Gasteiger partial charge < -0.3 is 19.3 Å². The summed E-state index contributed by atoms with van der Waals surface area (Å²) in [5, 5.41) is 12.8. The maximum Gasteiger partial charge on any atom is 0.317 e. The first-order valence-corrected chi connectivity index (χ1v) is 8.36. The molecule has 2 heterocycles. The van der Waals surface area contributed by atoms with Gasteiger partial charge in [-0.3, -0.25) is 14.5 Å². The molecule has 2 aromatic rings. The predicted molar refractivity (Wildman–Crippen MR) is 92.7 cm³/mol. The van der Waals surface area contributed by atoms with Crippen LogP contribution in [-0.4, -0.2) is 77.9 Å². The van der Waals surface area contributed by atoms with Crippen molar-refractivity contribution in [3.63, 3.8) is 0 Å².